The van der Waals surface area contributed by atoms with Crippen molar-refractivity contribution in [2.75, 3.05) is 14.2 Å². The first-order chi connectivity index (χ1) is 10.2. The van der Waals surface area contributed by atoms with Crippen LogP contribution in [0.2, 0.25) is 5.15 Å². The van der Waals surface area contributed by atoms with Gasteiger partial charge in [0.25, 0.3) is 0 Å². The minimum absolute atomic E-state index is 0.493. The second-order valence-electron chi connectivity index (χ2n) is 4.85. The maximum atomic E-state index is 6.28. The van der Waals surface area contributed by atoms with E-state index < -0.39 is 0 Å². The third-order valence-electron chi connectivity index (χ3n) is 3.44. The monoisotopic (exact) mass is 416 g/mol. The minimum Gasteiger partial charge on any atom is -0.493 e. The molecule has 3 rings (SSSR count). The normalized spacial score (nSPS) is 14.1. The van der Waals surface area contributed by atoms with Crippen LogP contribution in [0.5, 0.6) is 11.5 Å². The summed E-state index contributed by atoms with van der Waals surface area (Å²) < 4.78 is 11.7. The van der Waals surface area contributed by atoms with Crippen LogP contribution in [-0.4, -0.2) is 24.2 Å². The molecule has 0 spiro atoms. The molecular weight excluding hydrogens is 403 g/mol. The van der Waals surface area contributed by atoms with Gasteiger partial charge in [0, 0.05) is 5.92 Å². The van der Waals surface area contributed by atoms with Gasteiger partial charge in [0.1, 0.15) is 5.15 Å². The molecule has 1 aliphatic rings. The van der Waals surface area contributed by atoms with Gasteiger partial charge in [0.05, 0.1) is 29.0 Å². The average Bonchev–Trinajstić information content (AvgIpc) is 3.33. The zero-order valence-corrected chi connectivity index (χ0v) is 14.6. The zero-order valence-electron chi connectivity index (χ0n) is 11.7. The van der Waals surface area contributed by atoms with Crippen LogP contribution in [0.15, 0.2) is 18.2 Å². The Morgan fingerprint density at radius 2 is 1.95 bits per heavy atom. The molecule has 21 heavy (non-hydrogen) atoms. The molecule has 0 atom stereocenters. The Balaban J connectivity index is 2.16. The number of halogens is 2. The molecule has 0 bridgehead atoms. The van der Waals surface area contributed by atoms with E-state index in [9.17, 15) is 0 Å². The molecule has 110 valence electrons. The van der Waals surface area contributed by atoms with Gasteiger partial charge in [-0.2, -0.15) is 0 Å². The highest BCUT2D eigenvalue weighted by molar-refractivity contribution is 14.1. The third kappa shape index (κ3) is 2.81. The number of rotatable bonds is 4. The van der Waals surface area contributed by atoms with E-state index in [0.29, 0.717) is 28.4 Å². The number of aromatic nitrogens is 2. The lowest BCUT2D eigenvalue weighted by Gasteiger charge is -2.13. The third-order valence-corrected chi connectivity index (χ3v) is 5.10. The number of nitrogens with zero attached hydrogens (tertiary/aromatic N) is 2. The highest BCUT2D eigenvalue weighted by Crippen LogP contribution is 2.44. The molecule has 1 aliphatic carbocycles. The van der Waals surface area contributed by atoms with Crippen LogP contribution in [0, 0.1) is 3.57 Å². The van der Waals surface area contributed by atoms with Crippen LogP contribution < -0.4 is 9.47 Å². The molecule has 1 heterocycles. The van der Waals surface area contributed by atoms with Crippen LogP contribution in [-0.2, 0) is 0 Å². The second-order valence-corrected chi connectivity index (χ2v) is 6.29. The molecule has 0 radical (unpaired) electrons. The van der Waals surface area contributed by atoms with Crippen molar-refractivity contribution in [2.45, 2.75) is 18.8 Å². The predicted octanol–water partition coefficient (Wildman–Crippen LogP) is 4.30. The van der Waals surface area contributed by atoms with Crippen molar-refractivity contribution >= 4 is 34.2 Å². The van der Waals surface area contributed by atoms with Crippen molar-refractivity contribution in [3.8, 4) is 22.9 Å². The highest BCUT2D eigenvalue weighted by atomic mass is 127. The lowest BCUT2D eigenvalue weighted by molar-refractivity contribution is 0.356. The van der Waals surface area contributed by atoms with Gasteiger partial charge in [-0.1, -0.05) is 17.7 Å². The summed E-state index contributed by atoms with van der Waals surface area (Å²) in [4.78, 5) is 9.12. The van der Waals surface area contributed by atoms with E-state index in [1.807, 2.05) is 18.2 Å². The fourth-order valence-electron chi connectivity index (χ4n) is 2.25. The molecule has 1 aromatic carbocycles. The molecule has 0 unspecified atom stereocenters. The van der Waals surface area contributed by atoms with E-state index in [-0.39, 0.29) is 0 Å². The molecule has 0 N–H and O–H groups in total. The molecule has 0 aliphatic heterocycles. The van der Waals surface area contributed by atoms with Crippen molar-refractivity contribution in [1.82, 2.24) is 9.97 Å². The molecule has 4 nitrogen and oxygen atoms in total. The molecule has 0 amide bonds. The lowest BCUT2D eigenvalue weighted by Crippen LogP contribution is -2.01. The van der Waals surface area contributed by atoms with E-state index in [1.54, 1.807) is 14.2 Å². The van der Waals surface area contributed by atoms with Crippen LogP contribution in [0.4, 0.5) is 0 Å². The summed E-state index contributed by atoms with van der Waals surface area (Å²) in [6.07, 6.45) is 2.33. The summed E-state index contributed by atoms with van der Waals surface area (Å²) in [5.41, 5.74) is 1.83. The topological polar surface area (TPSA) is 44.2 Å². The standard InChI is InChI=1S/C15H14ClIN2O2/c1-20-10-5-3-4-9(13(10)21-2)15-18-12(8-6-7-8)11(17)14(16)19-15/h3-5,8H,6-7H2,1-2H3. The van der Waals surface area contributed by atoms with Gasteiger partial charge >= 0.3 is 0 Å². The smallest absolute Gasteiger partial charge is 0.171 e. The maximum absolute atomic E-state index is 6.28. The summed E-state index contributed by atoms with van der Waals surface area (Å²) in [6, 6.07) is 5.65. The number of para-hydroxylation sites is 1. The van der Waals surface area contributed by atoms with Gasteiger partial charge in [0.2, 0.25) is 0 Å². The first-order valence-corrected chi connectivity index (χ1v) is 8.05. The largest absolute Gasteiger partial charge is 0.493 e. The number of hydrogen-bond acceptors (Lipinski definition) is 4. The Bertz CT molecular complexity index is 690. The first kappa shape index (κ1) is 14.8. The first-order valence-electron chi connectivity index (χ1n) is 6.60. The van der Waals surface area contributed by atoms with E-state index >= 15 is 0 Å². The van der Waals surface area contributed by atoms with Gasteiger partial charge in [0.15, 0.2) is 17.3 Å². The summed E-state index contributed by atoms with van der Waals surface area (Å²) in [7, 11) is 3.22. The average molecular weight is 417 g/mol. The van der Waals surface area contributed by atoms with E-state index in [4.69, 9.17) is 26.1 Å². The van der Waals surface area contributed by atoms with Crippen molar-refractivity contribution < 1.29 is 9.47 Å². The molecule has 6 heteroatoms. The van der Waals surface area contributed by atoms with E-state index in [2.05, 4.69) is 27.6 Å². The molecule has 1 saturated carbocycles. The van der Waals surface area contributed by atoms with E-state index in [1.165, 1.54) is 0 Å². The van der Waals surface area contributed by atoms with Gasteiger partial charge in [-0.05, 0) is 47.6 Å². The quantitative estimate of drug-likeness (QED) is 0.551. The second kappa shape index (κ2) is 5.96. The predicted molar refractivity (Wildman–Crippen MR) is 90.3 cm³/mol. The number of methoxy groups -OCH3 is 2. The Labute approximate surface area is 142 Å². The molecule has 1 fully saturated rings. The molecule has 2 aromatic rings. The lowest BCUT2D eigenvalue weighted by atomic mass is 10.1. The Morgan fingerprint density at radius 1 is 1.19 bits per heavy atom. The van der Waals surface area contributed by atoms with Gasteiger partial charge in [-0.25, -0.2) is 9.97 Å². The molecule has 1 aromatic heterocycles. The van der Waals surface area contributed by atoms with Crippen molar-refractivity contribution in [2.24, 2.45) is 0 Å². The summed E-state index contributed by atoms with van der Waals surface area (Å²) in [5, 5.41) is 0.493. The van der Waals surface area contributed by atoms with Gasteiger partial charge in [-0.15, -0.1) is 0 Å². The maximum Gasteiger partial charge on any atom is 0.171 e. The Kier molecular flexibility index (Phi) is 4.21. The summed E-state index contributed by atoms with van der Waals surface area (Å²) in [6.45, 7) is 0. The number of benzene rings is 1. The number of ether oxygens (including phenoxy) is 2. The van der Waals surface area contributed by atoms with Crippen LogP contribution in [0.25, 0.3) is 11.4 Å². The number of hydrogen-bond donors (Lipinski definition) is 0. The van der Waals surface area contributed by atoms with Crippen LogP contribution in [0.3, 0.4) is 0 Å². The van der Waals surface area contributed by atoms with Crippen LogP contribution >= 0.6 is 34.2 Å². The molecular formula is C15H14ClIN2O2. The Morgan fingerprint density at radius 3 is 2.57 bits per heavy atom. The van der Waals surface area contributed by atoms with Crippen molar-refractivity contribution in [3.63, 3.8) is 0 Å². The fraction of sp³-hybridized carbons (Fsp3) is 0.333. The summed E-state index contributed by atoms with van der Waals surface area (Å²) >= 11 is 8.49. The SMILES string of the molecule is COc1cccc(-c2nc(Cl)c(I)c(C3CC3)n2)c1OC. The molecule has 0 saturated heterocycles. The fourth-order valence-corrected chi connectivity index (χ4v) is 3.11. The zero-order chi connectivity index (χ0) is 15.0. The van der Waals surface area contributed by atoms with Crippen molar-refractivity contribution in [1.29, 1.82) is 0 Å². The van der Waals surface area contributed by atoms with Crippen molar-refractivity contribution in [3.05, 3.63) is 32.6 Å². The summed E-state index contributed by atoms with van der Waals surface area (Å²) in [5.74, 6) is 2.37. The van der Waals surface area contributed by atoms with E-state index in [0.717, 1.165) is 27.7 Å². The minimum atomic E-state index is 0.493. The van der Waals surface area contributed by atoms with Crippen LogP contribution in [0.1, 0.15) is 24.5 Å². The highest BCUT2D eigenvalue weighted by Gasteiger charge is 2.29. The van der Waals surface area contributed by atoms with Gasteiger partial charge in [-0.3, -0.25) is 0 Å². The Hall–Kier alpha value is -1.08. The van der Waals surface area contributed by atoms with Gasteiger partial charge < -0.3 is 9.47 Å².